The molecule has 1 heterocycles. The molecule has 0 aliphatic rings. The van der Waals surface area contributed by atoms with E-state index in [-0.39, 0.29) is 17.2 Å². The molecule has 0 aliphatic heterocycles. The Kier molecular flexibility index (Phi) is 6.33. The first-order valence-electron chi connectivity index (χ1n) is 8.66. The summed E-state index contributed by atoms with van der Waals surface area (Å²) < 4.78 is 38.2. The van der Waals surface area contributed by atoms with E-state index in [1.807, 2.05) is 36.6 Å². The zero-order valence-corrected chi connectivity index (χ0v) is 17.6. The summed E-state index contributed by atoms with van der Waals surface area (Å²) in [6, 6.07) is 12.7. The second-order valence-electron chi connectivity index (χ2n) is 6.11. The fourth-order valence-corrected chi connectivity index (χ4v) is 4.58. The maximum atomic E-state index is 12.7. The molecule has 0 radical (unpaired) electrons. The highest BCUT2D eigenvalue weighted by molar-refractivity contribution is 7.89. The van der Waals surface area contributed by atoms with Crippen molar-refractivity contribution in [2.75, 3.05) is 20.8 Å². The van der Waals surface area contributed by atoms with Crippen LogP contribution in [-0.2, 0) is 16.4 Å². The number of ether oxygens (including phenoxy) is 2. The Labute approximate surface area is 169 Å². The largest absolute Gasteiger partial charge is 0.497 e. The molecule has 0 saturated heterocycles. The van der Waals surface area contributed by atoms with E-state index in [1.54, 1.807) is 23.5 Å². The minimum atomic E-state index is -3.72. The molecule has 1 aromatic heterocycles. The van der Waals surface area contributed by atoms with E-state index >= 15 is 0 Å². The van der Waals surface area contributed by atoms with Crippen molar-refractivity contribution in [1.82, 2.24) is 9.71 Å². The summed E-state index contributed by atoms with van der Waals surface area (Å²) in [6.45, 7) is 2.25. The van der Waals surface area contributed by atoms with E-state index < -0.39 is 10.0 Å². The van der Waals surface area contributed by atoms with Crippen LogP contribution < -0.4 is 14.2 Å². The topological polar surface area (TPSA) is 77.5 Å². The molecule has 148 valence electrons. The van der Waals surface area contributed by atoms with Gasteiger partial charge in [-0.25, -0.2) is 18.1 Å². The number of benzene rings is 2. The number of rotatable bonds is 8. The third kappa shape index (κ3) is 4.70. The molecular formula is C20H22N2O4S2. The molecule has 0 amide bonds. The molecule has 0 unspecified atom stereocenters. The summed E-state index contributed by atoms with van der Waals surface area (Å²) in [5, 5.41) is 3.06. The fourth-order valence-electron chi connectivity index (χ4n) is 2.74. The van der Waals surface area contributed by atoms with Gasteiger partial charge in [0.1, 0.15) is 16.4 Å². The van der Waals surface area contributed by atoms with Crippen LogP contribution >= 0.6 is 11.3 Å². The fraction of sp³-hybridized carbons (Fsp3) is 0.250. The van der Waals surface area contributed by atoms with Crippen LogP contribution in [0.15, 0.2) is 52.7 Å². The Morgan fingerprint density at radius 3 is 2.43 bits per heavy atom. The number of thiazole rings is 1. The van der Waals surface area contributed by atoms with Gasteiger partial charge in [0.05, 0.1) is 24.9 Å². The SMILES string of the molecule is COc1ccc(OC)c(S(=O)(=O)NCCc2ccc(-c3csc(C)n3)cc2)c1. The minimum absolute atomic E-state index is 0.0589. The first kappa shape index (κ1) is 20.3. The number of hydrogen-bond acceptors (Lipinski definition) is 6. The van der Waals surface area contributed by atoms with Gasteiger partial charge in [-0.1, -0.05) is 24.3 Å². The number of nitrogens with zero attached hydrogens (tertiary/aromatic N) is 1. The lowest BCUT2D eigenvalue weighted by Gasteiger charge is -2.12. The van der Waals surface area contributed by atoms with Gasteiger partial charge in [-0.2, -0.15) is 0 Å². The summed E-state index contributed by atoms with van der Waals surface area (Å²) in [5.41, 5.74) is 3.05. The Morgan fingerprint density at radius 2 is 1.82 bits per heavy atom. The number of aryl methyl sites for hydroxylation is 1. The van der Waals surface area contributed by atoms with Crippen molar-refractivity contribution >= 4 is 21.4 Å². The van der Waals surface area contributed by atoms with E-state index in [0.29, 0.717) is 12.2 Å². The lowest BCUT2D eigenvalue weighted by Crippen LogP contribution is -2.26. The molecule has 0 aliphatic carbocycles. The first-order chi connectivity index (χ1) is 13.4. The van der Waals surface area contributed by atoms with Crippen LogP contribution in [0.3, 0.4) is 0 Å². The van der Waals surface area contributed by atoms with E-state index in [1.165, 1.54) is 20.3 Å². The van der Waals surface area contributed by atoms with Crippen LogP contribution in [0.1, 0.15) is 10.6 Å². The quantitative estimate of drug-likeness (QED) is 0.604. The van der Waals surface area contributed by atoms with Gasteiger partial charge in [-0.05, 0) is 31.0 Å². The van der Waals surface area contributed by atoms with Crippen molar-refractivity contribution in [2.24, 2.45) is 0 Å². The molecule has 28 heavy (non-hydrogen) atoms. The van der Waals surface area contributed by atoms with Gasteiger partial charge in [0, 0.05) is 23.6 Å². The van der Waals surface area contributed by atoms with Gasteiger partial charge < -0.3 is 9.47 Å². The first-order valence-corrected chi connectivity index (χ1v) is 11.0. The lowest BCUT2D eigenvalue weighted by atomic mass is 10.1. The number of methoxy groups -OCH3 is 2. The van der Waals surface area contributed by atoms with Gasteiger partial charge in [-0.15, -0.1) is 11.3 Å². The Hall–Kier alpha value is -2.42. The van der Waals surface area contributed by atoms with Crippen LogP contribution in [0, 0.1) is 6.92 Å². The van der Waals surface area contributed by atoms with E-state index in [9.17, 15) is 8.42 Å². The maximum Gasteiger partial charge on any atom is 0.244 e. The van der Waals surface area contributed by atoms with Crippen molar-refractivity contribution < 1.29 is 17.9 Å². The number of nitrogens with one attached hydrogen (secondary N) is 1. The molecule has 3 rings (SSSR count). The normalized spacial score (nSPS) is 11.4. The highest BCUT2D eigenvalue weighted by atomic mass is 32.2. The third-order valence-corrected chi connectivity index (χ3v) is 6.49. The van der Waals surface area contributed by atoms with Gasteiger partial charge in [0.2, 0.25) is 10.0 Å². The second-order valence-corrected chi connectivity index (χ2v) is 8.91. The van der Waals surface area contributed by atoms with Crippen LogP contribution in [-0.4, -0.2) is 34.2 Å². The molecule has 6 nitrogen and oxygen atoms in total. The van der Waals surface area contributed by atoms with Crippen molar-refractivity contribution in [1.29, 1.82) is 0 Å². The van der Waals surface area contributed by atoms with E-state index in [2.05, 4.69) is 9.71 Å². The summed E-state index contributed by atoms with van der Waals surface area (Å²) in [6.07, 6.45) is 0.571. The average Bonchev–Trinajstić information content (AvgIpc) is 3.14. The number of aromatic nitrogens is 1. The van der Waals surface area contributed by atoms with Gasteiger partial charge in [0.25, 0.3) is 0 Å². The lowest BCUT2D eigenvalue weighted by molar-refractivity contribution is 0.392. The van der Waals surface area contributed by atoms with Crippen LogP contribution in [0.2, 0.25) is 0 Å². The summed E-state index contributed by atoms with van der Waals surface area (Å²) >= 11 is 1.62. The van der Waals surface area contributed by atoms with Gasteiger partial charge >= 0.3 is 0 Å². The summed E-state index contributed by atoms with van der Waals surface area (Å²) in [7, 11) is -0.793. The predicted molar refractivity (Wildman–Crippen MR) is 111 cm³/mol. The molecule has 3 aromatic rings. The maximum absolute atomic E-state index is 12.7. The number of sulfonamides is 1. The monoisotopic (exact) mass is 418 g/mol. The van der Waals surface area contributed by atoms with Crippen molar-refractivity contribution in [3.05, 3.63) is 58.4 Å². The third-order valence-electron chi connectivity index (χ3n) is 4.23. The standard InChI is InChI=1S/C20H22N2O4S2/c1-14-22-18(13-27-14)16-6-4-15(5-7-16)10-11-21-28(23,24)20-12-17(25-2)8-9-19(20)26-3/h4-9,12-13,21H,10-11H2,1-3H3. The second kappa shape index (κ2) is 8.72. The Morgan fingerprint density at radius 1 is 1.07 bits per heavy atom. The Balaban J connectivity index is 1.66. The molecule has 1 N–H and O–H groups in total. The number of hydrogen-bond donors (Lipinski definition) is 1. The summed E-state index contributed by atoms with van der Waals surface area (Å²) in [4.78, 5) is 4.53. The molecule has 0 fully saturated rings. The predicted octanol–water partition coefficient (Wildman–Crippen LogP) is 3.66. The van der Waals surface area contributed by atoms with Gasteiger partial charge in [-0.3, -0.25) is 0 Å². The molecule has 8 heteroatoms. The summed E-state index contributed by atoms with van der Waals surface area (Å²) in [5.74, 6) is 0.727. The van der Waals surface area contributed by atoms with E-state index in [4.69, 9.17) is 9.47 Å². The smallest absolute Gasteiger partial charge is 0.244 e. The van der Waals surface area contributed by atoms with Crippen molar-refractivity contribution in [3.8, 4) is 22.8 Å². The molecular weight excluding hydrogens is 396 g/mol. The zero-order valence-electron chi connectivity index (χ0n) is 15.9. The van der Waals surface area contributed by atoms with Crippen LogP contribution in [0.4, 0.5) is 0 Å². The van der Waals surface area contributed by atoms with Crippen molar-refractivity contribution in [2.45, 2.75) is 18.2 Å². The minimum Gasteiger partial charge on any atom is -0.497 e. The zero-order chi connectivity index (χ0) is 20.1. The van der Waals surface area contributed by atoms with Crippen LogP contribution in [0.25, 0.3) is 11.3 Å². The van der Waals surface area contributed by atoms with Crippen LogP contribution in [0.5, 0.6) is 11.5 Å². The van der Waals surface area contributed by atoms with E-state index in [0.717, 1.165) is 21.8 Å². The molecule has 0 saturated carbocycles. The highest BCUT2D eigenvalue weighted by Gasteiger charge is 2.20. The highest BCUT2D eigenvalue weighted by Crippen LogP contribution is 2.28. The Bertz CT molecular complexity index is 1040. The molecule has 0 spiro atoms. The molecule has 2 aromatic carbocycles. The van der Waals surface area contributed by atoms with Gasteiger partial charge in [0.15, 0.2) is 0 Å². The average molecular weight is 419 g/mol. The molecule has 0 atom stereocenters. The molecule has 0 bridgehead atoms. The van der Waals surface area contributed by atoms with Crippen molar-refractivity contribution in [3.63, 3.8) is 0 Å².